The molecule has 0 saturated carbocycles. The van der Waals surface area contributed by atoms with Crippen molar-refractivity contribution in [2.75, 3.05) is 18.0 Å². The normalized spacial score (nSPS) is 11.0. The summed E-state index contributed by atoms with van der Waals surface area (Å²) in [6.07, 6.45) is 5.04. The molecule has 0 aliphatic carbocycles. The van der Waals surface area contributed by atoms with Crippen LogP contribution in [0.2, 0.25) is 0 Å². The van der Waals surface area contributed by atoms with Crippen LogP contribution in [-0.2, 0) is 0 Å². The fraction of sp³-hybridized carbons (Fsp3) is 0.308. The van der Waals surface area contributed by atoms with Crippen LogP contribution in [0.15, 0.2) is 28.0 Å². The molecular weight excluding hydrogens is 354 g/mol. The summed E-state index contributed by atoms with van der Waals surface area (Å²) >= 11 is 4.81. The minimum atomic E-state index is -0.287. The SMILES string of the molecule is CCN(CC)c1ncc(/C=N\NC(=O)c2cc(Br)c[nH]2)s1. The van der Waals surface area contributed by atoms with Crippen LogP contribution in [0.25, 0.3) is 0 Å². The number of aromatic amines is 1. The van der Waals surface area contributed by atoms with Gasteiger partial charge in [0.05, 0.1) is 11.1 Å². The third-order valence-corrected chi connectivity index (χ3v) is 4.25. The topological polar surface area (TPSA) is 73.4 Å². The first-order valence-electron chi connectivity index (χ1n) is 6.52. The van der Waals surface area contributed by atoms with Crippen molar-refractivity contribution in [1.82, 2.24) is 15.4 Å². The molecule has 21 heavy (non-hydrogen) atoms. The van der Waals surface area contributed by atoms with E-state index in [4.69, 9.17) is 0 Å². The number of amides is 1. The van der Waals surface area contributed by atoms with Crippen molar-refractivity contribution in [3.8, 4) is 0 Å². The van der Waals surface area contributed by atoms with Gasteiger partial charge in [-0.25, -0.2) is 10.4 Å². The van der Waals surface area contributed by atoms with Crippen LogP contribution in [-0.4, -0.2) is 35.2 Å². The van der Waals surface area contributed by atoms with E-state index in [1.165, 1.54) is 0 Å². The Kier molecular flexibility index (Phi) is 5.51. The highest BCUT2D eigenvalue weighted by Gasteiger charge is 2.08. The summed E-state index contributed by atoms with van der Waals surface area (Å²) in [7, 11) is 0. The number of rotatable bonds is 6. The maximum Gasteiger partial charge on any atom is 0.287 e. The van der Waals surface area contributed by atoms with Crippen LogP contribution in [0.5, 0.6) is 0 Å². The molecule has 2 rings (SSSR count). The van der Waals surface area contributed by atoms with E-state index in [9.17, 15) is 4.79 Å². The highest BCUT2D eigenvalue weighted by Crippen LogP contribution is 2.20. The number of H-pyrrole nitrogens is 1. The minimum Gasteiger partial charge on any atom is -0.356 e. The number of nitrogens with zero attached hydrogens (tertiary/aromatic N) is 3. The Balaban J connectivity index is 1.94. The third kappa shape index (κ3) is 4.15. The lowest BCUT2D eigenvalue weighted by Gasteiger charge is -2.16. The van der Waals surface area contributed by atoms with Crippen molar-refractivity contribution >= 4 is 44.5 Å². The van der Waals surface area contributed by atoms with Gasteiger partial charge in [-0.1, -0.05) is 11.3 Å². The molecule has 2 aromatic heterocycles. The molecule has 2 aromatic rings. The Morgan fingerprint density at radius 3 is 2.95 bits per heavy atom. The molecule has 2 N–H and O–H groups in total. The van der Waals surface area contributed by atoms with Gasteiger partial charge in [0.2, 0.25) is 0 Å². The van der Waals surface area contributed by atoms with Crippen LogP contribution in [0.3, 0.4) is 0 Å². The molecule has 8 heteroatoms. The number of nitrogens with one attached hydrogen (secondary N) is 2. The Hall–Kier alpha value is -1.67. The summed E-state index contributed by atoms with van der Waals surface area (Å²) in [5, 5.41) is 4.90. The number of carbonyl (C=O) groups excluding carboxylic acids is 1. The number of hydrazone groups is 1. The van der Waals surface area contributed by atoms with Crippen molar-refractivity contribution in [3.05, 3.63) is 33.5 Å². The molecular formula is C13H16BrN5OS. The number of hydrogen-bond acceptors (Lipinski definition) is 5. The van der Waals surface area contributed by atoms with Gasteiger partial charge in [0, 0.05) is 30.0 Å². The van der Waals surface area contributed by atoms with Gasteiger partial charge in [0.15, 0.2) is 5.13 Å². The molecule has 0 radical (unpaired) electrons. The molecule has 0 spiro atoms. The van der Waals surface area contributed by atoms with E-state index < -0.39 is 0 Å². The first-order chi connectivity index (χ1) is 10.1. The van der Waals surface area contributed by atoms with Crippen molar-refractivity contribution in [2.45, 2.75) is 13.8 Å². The van der Waals surface area contributed by atoms with Gasteiger partial charge in [-0.15, -0.1) is 0 Å². The van der Waals surface area contributed by atoms with E-state index in [2.05, 4.69) is 55.2 Å². The molecule has 0 aliphatic heterocycles. The maximum absolute atomic E-state index is 11.8. The number of thiazole rings is 1. The second kappa shape index (κ2) is 7.37. The quantitative estimate of drug-likeness (QED) is 0.607. The summed E-state index contributed by atoms with van der Waals surface area (Å²) in [5.41, 5.74) is 2.92. The number of carbonyl (C=O) groups is 1. The lowest BCUT2D eigenvalue weighted by Crippen LogP contribution is -2.21. The van der Waals surface area contributed by atoms with E-state index in [1.807, 2.05) is 0 Å². The van der Waals surface area contributed by atoms with Crippen molar-refractivity contribution in [2.24, 2.45) is 5.10 Å². The predicted octanol–water partition coefficient (Wildman–Crippen LogP) is 2.84. The van der Waals surface area contributed by atoms with E-state index in [1.54, 1.807) is 36.0 Å². The van der Waals surface area contributed by atoms with Gasteiger partial charge in [-0.3, -0.25) is 4.79 Å². The molecule has 0 aromatic carbocycles. The number of hydrogen-bond donors (Lipinski definition) is 2. The molecule has 0 unspecified atom stereocenters. The highest BCUT2D eigenvalue weighted by molar-refractivity contribution is 9.10. The average Bonchev–Trinajstić information content (AvgIpc) is 3.10. The monoisotopic (exact) mass is 369 g/mol. The molecule has 0 fully saturated rings. The smallest absolute Gasteiger partial charge is 0.287 e. The maximum atomic E-state index is 11.8. The second-order valence-corrected chi connectivity index (χ2v) is 6.10. The first kappa shape index (κ1) is 15.7. The zero-order valence-electron chi connectivity index (χ0n) is 11.8. The minimum absolute atomic E-state index is 0.287. The molecule has 0 saturated heterocycles. The zero-order chi connectivity index (χ0) is 15.2. The van der Waals surface area contributed by atoms with Gasteiger partial charge in [0.1, 0.15) is 5.69 Å². The molecule has 6 nitrogen and oxygen atoms in total. The van der Waals surface area contributed by atoms with Crippen molar-refractivity contribution in [3.63, 3.8) is 0 Å². The van der Waals surface area contributed by atoms with Gasteiger partial charge in [-0.05, 0) is 35.8 Å². The van der Waals surface area contributed by atoms with E-state index in [-0.39, 0.29) is 5.91 Å². The molecule has 0 bridgehead atoms. The number of halogens is 1. The zero-order valence-corrected chi connectivity index (χ0v) is 14.2. The Morgan fingerprint density at radius 1 is 1.57 bits per heavy atom. The molecule has 2 heterocycles. The van der Waals surface area contributed by atoms with E-state index in [0.717, 1.165) is 27.6 Å². The third-order valence-electron chi connectivity index (χ3n) is 2.80. The Labute approximate surface area is 135 Å². The summed E-state index contributed by atoms with van der Waals surface area (Å²) < 4.78 is 0.822. The van der Waals surface area contributed by atoms with Crippen molar-refractivity contribution in [1.29, 1.82) is 0 Å². The summed E-state index contributed by atoms with van der Waals surface area (Å²) in [6.45, 7) is 6.01. The highest BCUT2D eigenvalue weighted by atomic mass is 79.9. The van der Waals surface area contributed by atoms with Gasteiger partial charge < -0.3 is 9.88 Å². The van der Waals surface area contributed by atoms with Crippen LogP contribution in [0, 0.1) is 0 Å². The van der Waals surface area contributed by atoms with E-state index >= 15 is 0 Å². The fourth-order valence-corrected chi connectivity index (χ4v) is 2.95. The van der Waals surface area contributed by atoms with Crippen LogP contribution < -0.4 is 10.3 Å². The number of anilines is 1. The predicted molar refractivity (Wildman–Crippen MR) is 89.2 cm³/mol. The summed E-state index contributed by atoms with van der Waals surface area (Å²) in [5.74, 6) is -0.287. The largest absolute Gasteiger partial charge is 0.356 e. The van der Waals surface area contributed by atoms with Crippen LogP contribution in [0.1, 0.15) is 29.2 Å². The standard InChI is InChI=1S/C13H16BrN5OS/c1-3-19(4-2)13-16-7-10(21-13)8-17-18-12(20)11-5-9(14)6-15-11/h5-8,15H,3-4H2,1-2H3,(H,18,20)/b17-8-. The molecule has 1 amide bonds. The second-order valence-electron chi connectivity index (χ2n) is 4.15. The van der Waals surface area contributed by atoms with Crippen LogP contribution in [0.4, 0.5) is 5.13 Å². The van der Waals surface area contributed by atoms with Gasteiger partial charge >= 0.3 is 0 Å². The van der Waals surface area contributed by atoms with Crippen LogP contribution >= 0.6 is 27.3 Å². The average molecular weight is 370 g/mol. The first-order valence-corrected chi connectivity index (χ1v) is 8.13. The van der Waals surface area contributed by atoms with Gasteiger partial charge in [0.25, 0.3) is 5.91 Å². The molecule has 0 aliphatic rings. The van der Waals surface area contributed by atoms with E-state index in [0.29, 0.717) is 5.69 Å². The fourth-order valence-electron chi connectivity index (χ4n) is 1.69. The lowest BCUT2D eigenvalue weighted by molar-refractivity contribution is 0.0951. The van der Waals surface area contributed by atoms with Gasteiger partial charge in [-0.2, -0.15) is 5.10 Å². The van der Waals surface area contributed by atoms with Crippen molar-refractivity contribution < 1.29 is 4.79 Å². The Morgan fingerprint density at radius 2 is 2.33 bits per heavy atom. The number of aromatic nitrogens is 2. The molecule has 0 atom stereocenters. The molecule has 112 valence electrons. The lowest BCUT2D eigenvalue weighted by atomic mass is 10.4. The summed E-state index contributed by atoms with van der Waals surface area (Å²) in [4.78, 5) is 22.0. The Bertz CT molecular complexity index is 632. The summed E-state index contributed by atoms with van der Waals surface area (Å²) in [6, 6.07) is 1.69.